The predicted octanol–water partition coefficient (Wildman–Crippen LogP) is 5.75. The first-order valence-corrected chi connectivity index (χ1v) is 7.25. The molecule has 0 aromatic heterocycles. The molecule has 0 saturated heterocycles. The van der Waals surface area contributed by atoms with Gasteiger partial charge >= 0.3 is 0 Å². The largest absolute Gasteiger partial charge is 0.0840 e. The average molecular weight is 324 g/mol. The van der Waals surface area contributed by atoms with Gasteiger partial charge in [-0.2, -0.15) is 0 Å². The lowest BCUT2D eigenvalue weighted by Crippen LogP contribution is -1.96. The van der Waals surface area contributed by atoms with Crippen LogP contribution in [-0.4, -0.2) is 0 Å². The minimum Gasteiger partial charge on any atom is -0.0840 e. The molecule has 0 N–H and O–H groups in total. The SMILES string of the molecule is Cc1cccc(C(Br)c2cc(C)c(C)cc2Cl)c1. The van der Waals surface area contributed by atoms with Gasteiger partial charge in [0, 0.05) is 5.02 Å². The molecule has 0 aliphatic carbocycles. The van der Waals surface area contributed by atoms with Crippen molar-refractivity contribution in [2.75, 3.05) is 0 Å². The molecule has 18 heavy (non-hydrogen) atoms. The zero-order valence-corrected chi connectivity index (χ0v) is 13.1. The van der Waals surface area contributed by atoms with Gasteiger partial charge in [-0.25, -0.2) is 0 Å². The zero-order chi connectivity index (χ0) is 13.3. The molecule has 0 spiro atoms. The van der Waals surface area contributed by atoms with Gasteiger partial charge < -0.3 is 0 Å². The van der Waals surface area contributed by atoms with E-state index in [1.807, 2.05) is 6.07 Å². The second kappa shape index (κ2) is 5.46. The Morgan fingerprint density at radius 2 is 1.67 bits per heavy atom. The van der Waals surface area contributed by atoms with Crippen molar-refractivity contribution in [2.24, 2.45) is 0 Å². The topological polar surface area (TPSA) is 0 Å². The lowest BCUT2D eigenvalue weighted by atomic mass is 9.99. The summed E-state index contributed by atoms with van der Waals surface area (Å²) in [7, 11) is 0. The van der Waals surface area contributed by atoms with Crippen LogP contribution in [0, 0.1) is 20.8 Å². The molecule has 2 heteroatoms. The van der Waals surface area contributed by atoms with Crippen LogP contribution in [-0.2, 0) is 0 Å². The Morgan fingerprint density at radius 1 is 1.00 bits per heavy atom. The second-order valence-corrected chi connectivity index (χ2v) is 6.06. The number of benzene rings is 2. The van der Waals surface area contributed by atoms with Crippen LogP contribution < -0.4 is 0 Å². The summed E-state index contributed by atoms with van der Waals surface area (Å²) in [4.78, 5) is 0.143. The van der Waals surface area contributed by atoms with E-state index >= 15 is 0 Å². The Balaban J connectivity index is 2.46. The van der Waals surface area contributed by atoms with Gasteiger partial charge in [0.1, 0.15) is 0 Å². The second-order valence-electron chi connectivity index (χ2n) is 4.73. The van der Waals surface area contributed by atoms with Crippen LogP contribution in [0.15, 0.2) is 36.4 Å². The Morgan fingerprint density at radius 3 is 2.33 bits per heavy atom. The highest BCUT2D eigenvalue weighted by Gasteiger charge is 2.14. The molecular formula is C16H16BrCl. The summed E-state index contributed by atoms with van der Waals surface area (Å²) in [6.07, 6.45) is 0. The Bertz CT molecular complexity index is 575. The molecule has 0 amide bonds. The highest BCUT2D eigenvalue weighted by atomic mass is 79.9. The lowest BCUT2D eigenvalue weighted by Gasteiger charge is -2.15. The maximum Gasteiger partial charge on any atom is 0.0659 e. The van der Waals surface area contributed by atoms with Crippen molar-refractivity contribution in [1.82, 2.24) is 0 Å². The quantitative estimate of drug-likeness (QED) is 0.617. The highest BCUT2D eigenvalue weighted by molar-refractivity contribution is 9.09. The zero-order valence-electron chi connectivity index (χ0n) is 10.8. The maximum absolute atomic E-state index is 6.36. The van der Waals surface area contributed by atoms with Crippen molar-refractivity contribution in [3.05, 3.63) is 69.2 Å². The van der Waals surface area contributed by atoms with Crippen molar-refractivity contribution in [1.29, 1.82) is 0 Å². The van der Waals surface area contributed by atoms with Gasteiger partial charge in [-0.05, 0) is 49.1 Å². The molecule has 0 fully saturated rings. The van der Waals surface area contributed by atoms with Gasteiger partial charge in [-0.1, -0.05) is 63.4 Å². The molecule has 0 aliphatic heterocycles. The molecule has 0 nitrogen and oxygen atoms in total. The number of halogens is 2. The minimum atomic E-state index is 0.143. The molecule has 1 unspecified atom stereocenters. The predicted molar refractivity (Wildman–Crippen MR) is 82.9 cm³/mol. The fraction of sp³-hybridized carbons (Fsp3) is 0.250. The van der Waals surface area contributed by atoms with Gasteiger partial charge in [-0.3, -0.25) is 0 Å². The van der Waals surface area contributed by atoms with Crippen LogP contribution in [0.2, 0.25) is 5.02 Å². The van der Waals surface area contributed by atoms with Crippen LogP contribution in [0.25, 0.3) is 0 Å². The molecule has 0 aliphatic rings. The van der Waals surface area contributed by atoms with Crippen LogP contribution in [0.1, 0.15) is 32.6 Å². The average Bonchev–Trinajstić information content (AvgIpc) is 2.33. The number of aryl methyl sites for hydroxylation is 3. The van der Waals surface area contributed by atoms with Gasteiger partial charge in [0.05, 0.1) is 4.83 Å². The molecule has 1 atom stereocenters. The molecule has 0 radical (unpaired) electrons. The van der Waals surface area contributed by atoms with Crippen LogP contribution >= 0.6 is 27.5 Å². The minimum absolute atomic E-state index is 0.143. The van der Waals surface area contributed by atoms with Crippen molar-refractivity contribution in [2.45, 2.75) is 25.6 Å². The first-order chi connectivity index (χ1) is 8.49. The van der Waals surface area contributed by atoms with Crippen molar-refractivity contribution < 1.29 is 0 Å². The smallest absolute Gasteiger partial charge is 0.0659 e. The molecule has 0 saturated carbocycles. The number of hydrogen-bond donors (Lipinski definition) is 0. The monoisotopic (exact) mass is 322 g/mol. The van der Waals surface area contributed by atoms with E-state index in [1.165, 1.54) is 22.3 Å². The van der Waals surface area contributed by atoms with E-state index in [4.69, 9.17) is 11.6 Å². The van der Waals surface area contributed by atoms with Gasteiger partial charge in [0.2, 0.25) is 0 Å². The molecule has 0 heterocycles. The third-order valence-electron chi connectivity index (χ3n) is 3.22. The highest BCUT2D eigenvalue weighted by Crippen LogP contribution is 2.36. The summed E-state index contributed by atoms with van der Waals surface area (Å²) in [5, 5.41) is 0.821. The number of hydrogen-bond acceptors (Lipinski definition) is 0. The van der Waals surface area contributed by atoms with E-state index in [9.17, 15) is 0 Å². The van der Waals surface area contributed by atoms with E-state index in [-0.39, 0.29) is 4.83 Å². The number of alkyl halides is 1. The van der Waals surface area contributed by atoms with Gasteiger partial charge in [-0.15, -0.1) is 0 Å². The molecular weight excluding hydrogens is 308 g/mol. The van der Waals surface area contributed by atoms with Crippen LogP contribution in [0.3, 0.4) is 0 Å². The van der Waals surface area contributed by atoms with Crippen LogP contribution in [0.5, 0.6) is 0 Å². The summed E-state index contributed by atoms with van der Waals surface area (Å²) in [5.74, 6) is 0. The van der Waals surface area contributed by atoms with Gasteiger partial charge in [0.25, 0.3) is 0 Å². The maximum atomic E-state index is 6.36. The Labute approximate surface area is 122 Å². The van der Waals surface area contributed by atoms with Crippen LogP contribution in [0.4, 0.5) is 0 Å². The third kappa shape index (κ3) is 2.78. The van der Waals surface area contributed by atoms with Gasteiger partial charge in [0.15, 0.2) is 0 Å². The van der Waals surface area contributed by atoms with E-state index in [0.717, 1.165) is 10.6 Å². The van der Waals surface area contributed by atoms with Crippen molar-refractivity contribution in [3.8, 4) is 0 Å². The molecule has 2 aromatic rings. The fourth-order valence-corrected chi connectivity index (χ4v) is 3.13. The molecule has 94 valence electrons. The lowest BCUT2D eigenvalue weighted by molar-refractivity contribution is 1.15. The summed E-state index contributed by atoms with van der Waals surface area (Å²) in [6, 6.07) is 12.7. The first-order valence-electron chi connectivity index (χ1n) is 5.96. The number of rotatable bonds is 2. The molecule has 2 rings (SSSR count). The van der Waals surface area contributed by atoms with Crippen molar-refractivity contribution in [3.63, 3.8) is 0 Å². The fourth-order valence-electron chi connectivity index (χ4n) is 2.00. The normalized spacial score (nSPS) is 12.5. The van der Waals surface area contributed by atoms with Crippen molar-refractivity contribution >= 4 is 27.5 Å². The van der Waals surface area contributed by atoms with E-state index in [0.29, 0.717) is 0 Å². The van der Waals surface area contributed by atoms with E-state index in [2.05, 4.69) is 67.0 Å². The van der Waals surface area contributed by atoms with E-state index in [1.54, 1.807) is 0 Å². The summed E-state index contributed by atoms with van der Waals surface area (Å²) >= 11 is 10.1. The standard InChI is InChI=1S/C16H16BrCl/c1-10-5-4-6-13(7-10)16(17)14-8-11(2)12(3)9-15(14)18/h4-9,16H,1-3H3. The summed E-state index contributed by atoms with van der Waals surface area (Å²) in [6.45, 7) is 6.30. The summed E-state index contributed by atoms with van der Waals surface area (Å²) < 4.78 is 0. The first kappa shape index (κ1) is 13.6. The molecule has 2 aromatic carbocycles. The van der Waals surface area contributed by atoms with E-state index < -0.39 is 0 Å². The Kier molecular flexibility index (Phi) is 4.14. The molecule has 0 bridgehead atoms. The third-order valence-corrected chi connectivity index (χ3v) is 4.57. The Hall–Kier alpha value is -0.790. The summed E-state index contributed by atoms with van der Waals surface area (Å²) in [5.41, 5.74) is 6.13.